The van der Waals surface area contributed by atoms with Gasteiger partial charge >= 0.3 is 0 Å². The summed E-state index contributed by atoms with van der Waals surface area (Å²) in [5.74, 6) is 0.108. The molecule has 1 atom stereocenters. The lowest BCUT2D eigenvalue weighted by Crippen LogP contribution is -2.50. The maximum Gasteiger partial charge on any atom is 0.234 e. The second-order valence-corrected chi connectivity index (χ2v) is 3.06. The van der Waals surface area contributed by atoms with E-state index >= 15 is 0 Å². The Kier molecular flexibility index (Phi) is 2.84. The van der Waals surface area contributed by atoms with E-state index in [-0.39, 0.29) is 11.9 Å². The Morgan fingerprint density at radius 2 is 2.55 bits per heavy atom. The molecule has 0 aliphatic carbocycles. The van der Waals surface area contributed by atoms with Crippen LogP contribution in [0.15, 0.2) is 0 Å². The molecule has 1 amide bonds. The molecule has 1 aliphatic rings. The molecule has 0 aromatic rings. The van der Waals surface area contributed by atoms with Crippen molar-refractivity contribution in [1.29, 1.82) is 0 Å². The van der Waals surface area contributed by atoms with E-state index in [0.29, 0.717) is 6.54 Å². The Bertz CT molecular complexity index is 147. The standard InChI is InChI=1S/C7H15N3O/c1-6(8)4-10-3-2-9-7(11)5-10/h6H,2-5,8H2,1H3,(H,9,11). The van der Waals surface area contributed by atoms with Crippen LogP contribution in [0.25, 0.3) is 0 Å². The summed E-state index contributed by atoms with van der Waals surface area (Å²) < 4.78 is 0. The largest absolute Gasteiger partial charge is 0.354 e. The van der Waals surface area contributed by atoms with E-state index in [4.69, 9.17) is 5.73 Å². The van der Waals surface area contributed by atoms with E-state index in [9.17, 15) is 4.79 Å². The summed E-state index contributed by atoms with van der Waals surface area (Å²) in [4.78, 5) is 12.9. The van der Waals surface area contributed by atoms with Gasteiger partial charge in [0.2, 0.25) is 5.91 Å². The van der Waals surface area contributed by atoms with Crippen LogP contribution >= 0.6 is 0 Å². The summed E-state index contributed by atoms with van der Waals surface area (Å²) in [6.07, 6.45) is 0. The first kappa shape index (κ1) is 8.49. The Labute approximate surface area is 66.7 Å². The summed E-state index contributed by atoms with van der Waals surface area (Å²) in [7, 11) is 0. The molecule has 1 aliphatic heterocycles. The van der Waals surface area contributed by atoms with Crippen LogP contribution in [0, 0.1) is 0 Å². The van der Waals surface area contributed by atoms with Gasteiger partial charge in [-0.25, -0.2) is 0 Å². The number of hydrogen-bond acceptors (Lipinski definition) is 3. The molecule has 64 valence electrons. The second-order valence-electron chi connectivity index (χ2n) is 3.06. The number of nitrogens with two attached hydrogens (primary N) is 1. The molecule has 3 N–H and O–H groups in total. The molecular weight excluding hydrogens is 142 g/mol. The molecule has 1 saturated heterocycles. The lowest BCUT2D eigenvalue weighted by atomic mass is 10.3. The molecule has 1 fully saturated rings. The zero-order valence-electron chi connectivity index (χ0n) is 6.84. The third-order valence-corrected chi connectivity index (χ3v) is 1.66. The van der Waals surface area contributed by atoms with Gasteiger partial charge in [0, 0.05) is 25.7 Å². The van der Waals surface area contributed by atoms with Crippen molar-refractivity contribution in [2.24, 2.45) is 5.73 Å². The first-order valence-corrected chi connectivity index (χ1v) is 3.93. The fourth-order valence-corrected chi connectivity index (χ4v) is 1.25. The van der Waals surface area contributed by atoms with E-state index in [0.717, 1.165) is 19.6 Å². The minimum atomic E-state index is 0.108. The van der Waals surface area contributed by atoms with Crippen LogP contribution in [-0.2, 0) is 4.79 Å². The minimum absolute atomic E-state index is 0.108. The van der Waals surface area contributed by atoms with Crippen molar-refractivity contribution in [2.75, 3.05) is 26.2 Å². The van der Waals surface area contributed by atoms with Crippen molar-refractivity contribution >= 4 is 5.91 Å². The summed E-state index contributed by atoms with van der Waals surface area (Å²) in [5.41, 5.74) is 5.60. The van der Waals surface area contributed by atoms with Crippen LogP contribution in [-0.4, -0.2) is 43.0 Å². The zero-order chi connectivity index (χ0) is 8.27. The van der Waals surface area contributed by atoms with Crippen molar-refractivity contribution in [3.63, 3.8) is 0 Å². The average Bonchev–Trinajstić information content (AvgIpc) is 1.85. The first-order valence-electron chi connectivity index (χ1n) is 3.93. The normalized spacial score (nSPS) is 22.9. The van der Waals surface area contributed by atoms with Gasteiger partial charge in [0.05, 0.1) is 6.54 Å². The van der Waals surface area contributed by atoms with Gasteiger partial charge in [-0.05, 0) is 6.92 Å². The predicted octanol–water partition coefficient (Wildman–Crippen LogP) is -1.23. The molecule has 0 radical (unpaired) electrons. The highest BCUT2D eigenvalue weighted by molar-refractivity contribution is 5.78. The summed E-state index contributed by atoms with van der Waals surface area (Å²) in [6, 6.07) is 0.154. The zero-order valence-corrected chi connectivity index (χ0v) is 6.84. The van der Waals surface area contributed by atoms with Gasteiger partial charge in [0.1, 0.15) is 0 Å². The lowest BCUT2D eigenvalue weighted by molar-refractivity contribution is -0.124. The number of nitrogens with one attached hydrogen (secondary N) is 1. The van der Waals surface area contributed by atoms with Gasteiger partial charge < -0.3 is 11.1 Å². The SMILES string of the molecule is CC(N)CN1CCNC(=O)C1. The molecule has 0 spiro atoms. The van der Waals surface area contributed by atoms with Crippen molar-refractivity contribution in [2.45, 2.75) is 13.0 Å². The number of carbonyl (C=O) groups is 1. The molecule has 1 unspecified atom stereocenters. The molecule has 1 heterocycles. The molecule has 0 saturated carbocycles. The smallest absolute Gasteiger partial charge is 0.234 e. The van der Waals surface area contributed by atoms with Gasteiger partial charge in [-0.3, -0.25) is 9.69 Å². The lowest BCUT2D eigenvalue weighted by Gasteiger charge is -2.27. The third kappa shape index (κ3) is 2.86. The van der Waals surface area contributed by atoms with E-state index in [1.54, 1.807) is 0 Å². The van der Waals surface area contributed by atoms with Crippen molar-refractivity contribution in [1.82, 2.24) is 10.2 Å². The van der Waals surface area contributed by atoms with Gasteiger partial charge in [-0.2, -0.15) is 0 Å². The average molecular weight is 157 g/mol. The molecule has 0 aromatic heterocycles. The molecule has 4 nitrogen and oxygen atoms in total. The minimum Gasteiger partial charge on any atom is -0.354 e. The molecule has 11 heavy (non-hydrogen) atoms. The number of piperazine rings is 1. The Morgan fingerprint density at radius 1 is 1.82 bits per heavy atom. The Morgan fingerprint density at radius 3 is 3.09 bits per heavy atom. The number of rotatable bonds is 2. The number of carbonyl (C=O) groups excluding carboxylic acids is 1. The van der Waals surface area contributed by atoms with E-state index < -0.39 is 0 Å². The third-order valence-electron chi connectivity index (χ3n) is 1.66. The van der Waals surface area contributed by atoms with Crippen LogP contribution in [0.2, 0.25) is 0 Å². The van der Waals surface area contributed by atoms with E-state index in [1.165, 1.54) is 0 Å². The maximum absolute atomic E-state index is 10.9. The quantitative estimate of drug-likeness (QED) is 0.527. The highest BCUT2D eigenvalue weighted by Crippen LogP contribution is 1.93. The van der Waals surface area contributed by atoms with Gasteiger partial charge in [-0.1, -0.05) is 0 Å². The van der Waals surface area contributed by atoms with Gasteiger partial charge in [0.15, 0.2) is 0 Å². The summed E-state index contributed by atoms with van der Waals surface area (Å²) in [5, 5.41) is 2.76. The monoisotopic (exact) mass is 157 g/mol. The van der Waals surface area contributed by atoms with E-state index in [1.807, 2.05) is 6.92 Å². The Hall–Kier alpha value is -0.610. The number of hydrogen-bond donors (Lipinski definition) is 2. The Balaban J connectivity index is 2.28. The van der Waals surface area contributed by atoms with Crippen LogP contribution < -0.4 is 11.1 Å². The fourth-order valence-electron chi connectivity index (χ4n) is 1.25. The van der Waals surface area contributed by atoms with Crippen molar-refractivity contribution < 1.29 is 4.79 Å². The molecule has 0 aromatic carbocycles. The maximum atomic E-state index is 10.9. The van der Waals surface area contributed by atoms with Gasteiger partial charge in [0.25, 0.3) is 0 Å². The van der Waals surface area contributed by atoms with Crippen LogP contribution in [0.1, 0.15) is 6.92 Å². The number of amides is 1. The van der Waals surface area contributed by atoms with Crippen LogP contribution in [0.3, 0.4) is 0 Å². The topological polar surface area (TPSA) is 58.4 Å². The van der Waals surface area contributed by atoms with Crippen molar-refractivity contribution in [3.05, 3.63) is 0 Å². The highest BCUT2D eigenvalue weighted by Gasteiger charge is 2.16. The molecule has 4 heteroatoms. The van der Waals surface area contributed by atoms with E-state index in [2.05, 4.69) is 10.2 Å². The molecule has 1 rings (SSSR count). The first-order chi connectivity index (χ1) is 5.18. The van der Waals surface area contributed by atoms with Crippen LogP contribution in [0.5, 0.6) is 0 Å². The van der Waals surface area contributed by atoms with Crippen LogP contribution in [0.4, 0.5) is 0 Å². The second kappa shape index (κ2) is 3.69. The van der Waals surface area contributed by atoms with Gasteiger partial charge in [-0.15, -0.1) is 0 Å². The highest BCUT2D eigenvalue weighted by atomic mass is 16.2. The molecular formula is C7H15N3O. The summed E-state index contributed by atoms with van der Waals surface area (Å²) >= 11 is 0. The number of nitrogens with zero attached hydrogens (tertiary/aromatic N) is 1. The summed E-state index contributed by atoms with van der Waals surface area (Å²) in [6.45, 7) is 4.94. The van der Waals surface area contributed by atoms with Crippen molar-refractivity contribution in [3.8, 4) is 0 Å². The fraction of sp³-hybridized carbons (Fsp3) is 0.857. The molecule has 0 bridgehead atoms. The predicted molar refractivity (Wildman–Crippen MR) is 43.1 cm³/mol.